The second-order valence-corrected chi connectivity index (χ2v) is 3.66. The first kappa shape index (κ1) is 9.86. The number of rotatable bonds is 2. The maximum atomic E-state index is 11.2. The molecule has 1 aliphatic rings. The fourth-order valence-corrected chi connectivity index (χ4v) is 1.68. The predicted molar refractivity (Wildman–Crippen MR) is 57.6 cm³/mol. The van der Waals surface area contributed by atoms with Crippen molar-refractivity contribution < 1.29 is 4.79 Å². The summed E-state index contributed by atoms with van der Waals surface area (Å²) in [5.41, 5.74) is 1.17. The van der Waals surface area contributed by atoms with Crippen LogP contribution < -0.4 is 5.32 Å². The lowest BCUT2D eigenvalue weighted by molar-refractivity contribution is -0.121. The van der Waals surface area contributed by atoms with Crippen molar-refractivity contribution in [3.63, 3.8) is 0 Å². The number of benzene rings is 1. The number of nitrogens with zero attached hydrogens (tertiary/aromatic N) is 1. The van der Waals surface area contributed by atoms with Gasteiger partial charge in [0.1, 0.15) is 5.84 Å². The molecule has 0 saturated carbocycles. The second kappa shape index (κ2) is 4.23. The molecule has 2 N–H and O–H groups in total. The molecule has 15 heavy (non-hydrogen) atoms. The zero-order valence-corrected chi connectivity index (χ0v) is 8.36. The van der Waals surface area contributed by atoms with Crippen LogP contribution in [0.15, 0.2) is 30.3 Å². The second-order valence-electron chi connectivity index (χ2n) is 3.66. The van der Waals surface area contributed by atoms with E-state index >= 15 is 0 Å². The highest BCUT2D eigenvalue weighted by atomic mass is 16.2. The normalized spacial score (nSPS) is 17.6. The number of hydrogen-bond donors (Lipinski definition) is 2. The maximum absolute atomic E-state index is 11.2. The summed E-state index contributed by atoms with van der Waals surface area (Å²) in [6.07, 6.45) is 0. The van der Waals surface area contributed by atoms with Crippen molar-refractivity contribution in [3.8, 4) is 0 Å². The summed E-state index contributed by atoms with van der Waals surface area (Å²) in [6.45, 7) is 1.61. The predicted octanol–water partition coefficient (Wildman–Crippen LogP) is 0.596. The third-order valence-electron chi connectivity index (χ3n) is 2.29. The van der Waals surface area contributed by atoms with Crippen LogP contribution >= 0.6 is 0 Å². The summed E-state index contributed by atoms with van der Waals surface area (Å²) in [5.74, 6) is 0.185. The third-order valence-corrected chi connectivity index (χ3v) is 2.29. The number of amidine groups is 1. The standard InChI is InChI=1S/C11H13N3O/c12-10-7-14(8-11(15)13-10)6-9-4-2-1-3-5-9/h1-5H,6-8H2,(H2,12,13,15). The number of carbonyl (C=O) groups excluding carboxylic acids is 1. The first-order valence-electron chi connectivity index (χ1n) is 4.87. The average molecular weight is 203 g/mol. The molecule has 0 radical (unpaired) electrons. The van der Waals surface area contributed by atoms with Gasteiger partial charge in [-0.1, -0.05) is 30.3 Å². The molecule has 0 aromatic heterocycles. The fourth-order valence-electron chi connectivity index (χ4n) is 1.68. The van der Waals surface area contributed by atoms with Gasteiger partial charge in [-0.2, -0.15) is 0 Å². The van der Waals surface area contributed by atoms with E-state index in [-0.39, 0.29) is 11.7 Å². The smallest absolute Gasteiger partial charge is 0.239 e. The monoisotopic (exact) mass is 203 g/mol. The van der Waals surface area contributed by atoms with Crippen LogP contribution in [0.3, 0.4) is 0 Å². The molecule has 1 heterocycles. The highest BCUT2D eigenvalue weighted by Crippen LogP contribution is 2.05. The molecule has 4 heteroatoms. The van der Waals surface area contributed by atoms with E-state index in [1.807, 2.05) is 35.2 Å². The topological polar surface area (TPSA) is 56.2 Å². The lowest BCUT2D eigenvalue weighted by Crippen LogP contribution is -2.50. The van der Waals surface area contributed by atoms with E-state index in [0.717, 1.165) is 6.54 Å². The quantitative estimate of drug-likeness (QED) is 0.739. The van der Waals surface area contributed by atoms with E-state index in [4.69, 9.17) is 5.41 Å². The van der Waals surface area contributed by atoms with Gasteiger partial charge in [0.15, 0.2) is 0 Å². The minimum Gasteiger partial charge on any atom is -0.312 e. The van der Waals surface area contributed by atoms with Crippen LogP contribution in [0.1, 0.15) is 5.56 Å². The molecule has 1 aromatic rings. The Bertz CT molecular complexity index is 359. The number of piperazine rings is 1. The minimum absolute atomic E-state index is 0.0952. The highest BCUT2D eigenvalue weighted by Gasteiger charge is 2.19. The van der Waals surface area contributed by atoms with E-state index < -0.39 is 0 Å². The van der Waals surface area contributed by atoms with Gasteiger partial charge in [0.2, 0.25) is 5.91 Å². The van der Waals surface area contributed by atoms with Gasteiger partial charge in [0, 0.05) is 6.54 Å². The lowest BCUT2D eigenvalue weighted by Gasteiger charge is -2.26. The van der Waals surface area contributed by atoms with Crippen molar-refractivity contribution in [3.05, 3.63) is 35.9 Å². The van der Waals surface area contributed by atoms with Gasteiger partial charge in [-0.3, -0.25) is 15.1 Å². The summed E-state index contributed by atoms with van der Waals surface area (Å²) in [5, 5.41) is 9.94. The first-order valence-corrected chi connectivity index (χ1v) is 4.87. The molecule has 1 amide bonds. The minimum atomic E-state index is -0.0952. The molecule has 1 aliphatic heterocycles. The van der Waals surface area contributed by atoms with Crippen LogP contribution in [0, 0.1) is 5.41 Å². The SMILES string of the molecule is N=C1CN(Cc2ccccc2)CC(=O)N1. The van der Waals surface area contributed by atoms with Crippen LogP contribution in [-0.4, -0.2) is 29.7 Å². The van der Waals surface area contributed by atoms with Crippen molar-refractivity contribution >= 4 is 11.7 Å². The highest BCUT2D eigenvalue weighted by molar-refractivity contribution is 6.00. The van der Waals surface area contributed by atoms with Gasteiger partial charge in [-0.15, -0.1) is 0 Å². The average Bonchev–Trinajstić information content (AvgIpc) is 2.17. The number of nitrogens with one attached hydrogen (secondary N) is 2. The molecule has 0 unspecified atom stereocenters. The Balaban J connectivity index is 2.00. The zero-order chi connectivity index (χ0) is 10.7. The van der Waals surface area contributed by atoms with E-state index in [1.165, 1.54) is 5.56 Å². The van der Waals surface area contributed by atoms with Gasteiger partial charge in [0.05, 0.1) is 13.1 Å². The van der Waals surface area contributed by atoms with Crippen LogP contribution in [0.4, 0.5) is 0 Å². The lowest BCUT2D eigenvalue weighted by atomic mass is 10.2. The van der Waals surface area contributed by atoms with Crippen LogP contribution in [-0.2, 0) is 11.3 Å². The van der Waals surface area contributed by atoms with Gasteiger partial charge in [-0.25, -0.2) is 0 Å². The van der Waals surface area contributed by atoms with Crippen molar-refractivity contribution in [1.29, 1.82) is 5.41 Å². The van der Waals surface area contributed by atoms with Crippen LogP contribution in [0.25, 0.3) is 0 Å². The first-order chi connectivity index (χ1) is 7.24. The van der Waals surface area contributed by atoms with E-state index in [1.54, 1.807) is 0 Å². The summed E-state index contributed by atoms with van der Waals surface area (Å²) in [4.78, 5) is 13.1. The van der Waals surface area contributed by atoms with Gasteiger partial charge in [0.25, 0.3) is 0 Å². The Kier molecular flexibility index (Phi) is 2.78. The Morgan fingerprint density at radius 1 is 1.27 bits per heavy atom. The molecule has 1 fully saturated rings. The Morgan fingerprint density at radius 3 is 2.67 bits per heavy atom. The van der Waals surface area contributed by atoms with E-state index in [0.29, 0.717) is 13.1 Å². The molecular formula is C11H13N3O. The van der Waals surface area contributed by atoms with Crippen molar-refractivity contribution in [2.45, 2.75) is 6.54 Å². The third kappa shape index (κ3) is 2.63. The zero-order valence-electron chi connectivity index (χ0n) is 8.36. The number of carbonyl (C=O) groups is 1. The maximum Gasteiger partial charge on any atom is 0.239 e. The molecular weight excluding hydrogens is 190 g/mol. The van der Waals surface area contributed by atoms with Crippen LogP contribution in [0.2, 0.25) is 0 Å². The summed E-state index contributed by atoms with van der Waals surface area (Å²) < 4.78 is 0. The Labute approximate surface area is 88.4 Å². The van der Waals surface area contributed by atoms with E-state index in [9.17, 15) is 4.79 Å². The molecule has 1 saturated heterocycles. The Hall–Kier alpha value is -1.68. The molecule has 78 valence electrons. The molecule has 4 nitrogen and oxygen atoms in total. The number of amides is 1. The molecule has 0 bridgehead atoms. The molecule has 0 spiro atoms. The summed E-state index contributed by atoms with van der Waals surface area (Å²) >= 11 is 0. The summed E-state index contributed by atoms with van der Waals surface area (Å²) in [7, 11) is 0. The van der Waals surface area contributed by atoms with Crippen molar-refractivity contribution in [2.75, 3.05) is 13.1 Å². The molecule has 0 atom stereocenters. The molecule has 1 aromatic carbocycles. The van der Waals surface area contributed by atoms with Gasteiger partial charge < -0.3 is 5.32 Å². The largest absolute Gasteiger partial charge is 0.312 e. The molecule has 2 rings (SSSR count). The van der Waals surface area contributed by atoms with Crippen molar-refractivity contribution in [2.24, 2.45) is 0 Å². The summed E-state index contributed by atoms with van der Waals surface area (Å²) in [6, 6.07) is 9.97. The Morgan fingerprint density at radius 2 is 2.00 bits per heavy atom. The van der Waals surface area contributed by atoms with E-state index in [2.05, 4.69) is 5.32 Å². The van der Waals surface area contributed by atoms with Gasteiger partial charge in [-0.05, 0) is 5.56 Å². The van der Waals surface area contributed by atoms with Crippen molar-refractivity contribution in [1.82, 2.24) is 10.2 Å². The fraction of sp³-hybridized carbons (Fsp3) is 0.273. The van der Waals surface area contributed by atoms with Crippen LogP contribution in [0.5, 0.6) is 0 Å². The van der Waals surface area contributed by atoms with Gasteiger partial charge >= 0.3 is 0 Å². The molecule has 0 aliphatic carbocycles. The number of hydrogen-bond acceptors (Lipinski definition) is 3.